The van der Waals surface area contributed by atoms with Crippen molar-refractivity contribution < 1.29 is 0 Å². The zero-order valence-electron chi connectivity index (χ0n) is 32.1. The van der Waals surface area contributed by atoms with Gasteiger partial charge in [0.25, 0.3) is 0 Å². The molecule has 0 saturated carbocycles. The smallest absolute Gasteiger partial charge is 0.238 e. The van der Waals surface area contributed by atoms with Crippen LogP contribution in [0, 0.1) is 0 Å². The van der Waals surface area contributed by atoms with Crippen molar-refractivity contribution in [3.8, 4) is 51.0 Å². The predicted octanol–water partition coefficient (Wildman–Crippen LogP) is 13.7. The molecule has 1 aliphatic rings. The van der Waals surface area contributed by atoms with Gasteiger partial charge in [0.15, 0.2) is 11.6 Å². The van der Waals surface area contributed by atoms with E-state index in [0.29, 0.717) is 17.6 Å². The van der Waals surface area contributed by atoms with Crippen molar-refractivity contribution in [1.82, 2.24) is 19.5 Å². The van der Waals surface area contributed by atoms with Crippen molar-refractivity contribution in [2.45, 2.75) is 19.3 Å². The number of fused-ring (bicyclic) bond motifs is 12. The fourth-order valence-corrected chi connectivity index (χ4v) is 9.69. The maximum absolute atomic E-state index is 5.40. The molecule has 11 aromatic rings. The van der Waals surface area contributed by atoms with E-state index in [9.17, 15) is 0 Å². The van der Waals surface area contributed by atoms with Crippen LogP contribution < -0.4 is 0 Å². The van der Waals surface area contributed by atoms with Crippen LogP contribution in [0.3, 0.4) is 0 Å². The van der Waals surface area contributed by atoms with Crippen molar-refractivity contribution in [3.05, 3.63) is 193 Å². The monoisotopic (exact) mass is 740 g/mol. The maximum Gasteiger partial charge on any atom is 0.238 e. The fourth-order valence-electron chi connectivity index (χ4n) is 9.69. The molecule has 4 nitrogen and oxygen atoms in total. The minimum atomic E-state index is -0.117. The molecule has 0 N–H and O–H groups in total. The van der Waals surface area contributed by atoms with E-state index in [1.54, 1.807) is 0 Å². The van der Waals surface area contributed by atoms with Gasteiger partial charge in [0.2, 0.25) is 5.95 Å². The molecule has 0 fully saturated rings. The molecular weight excluding hydrogens is 705 g/mol. The van der Waals surface area contributed by atoms with Crippen LogP contribution in [0.25, 0.3) is 105 Å². The lowest BCUT2D eigenvalue weighted by atomic mass is 9.81. The molecule has 2 aromatic heterocycles. The number of nitrogens with zero attached hydrogens (tertiary/aromatic N) is 4. The molecule has 0 bridgehead atoms. The number of hydrogen-bond acceptors (Lipinski definition) is 3. The highest BCUT2D eigenvalue weighted by Gasteiger charge is 2.35. The Labute approximate surface area is 335 Å². The molecule has 0 radical (unpaired) electrons. The van der Waals surface area contributed by atoms with Gasteiger partial charge in [-0.15, -0.1) is 0 Å². The number of para-hydroxylation sites is 2. The summed E-state index contributed by atoms with van der Waals surface area (Å²) in [5, 5.41) is 9.64. The van der Waals surface area contributed by atoms with Gasteiger partial charge in [0, 0.05) is 32.9 Å². The number of rotatable bonds is 4. The van der Waals surface area contributed by atoms with E-state index in [1.165, 1.54) is 60.1 Å². The van der Waals surface area contributed by atoms with E-state index in [-0.39, 0.29) is 5.41 Å². The second-order valence-electron chi connectivity index (χ2n) is 16.0. The van der Waals surface area contributed by atoms with Gasteiger partial charge < -0.3 is 0 Å². The van der Waals surface area contributed by atoms with Crippen molar-refractivity contribution in [3.63, 3.8) is 0 Å². The first-order valence-electron chi connectivity index (χ1n) is 20.0. The molecule has 9 aromatic carbocycles. The molecule has 58 heavy (non-hydrogen) atoms. The average molecular weight is 741 g/mol. The van der Waals surface area contributed by atoms with E-state index in [4.69, 9.17) is 15.0 Å². The molecule has 12 rings (SSSR count). The second-order valence-corrected chi connectivity index (χ2v) is 16.0. The Morgan fingerprint density at radius 3 is 1.67 bits per heavy atom. The van der Waals surface area contributed by atoms with E-state index in [2.05, 4.69) is 182 Å². The van der Waals surface area contributed by atoms with Crippen molar-refractivity contribution >= 4 is 54.1 Å². The van der Waals surface area contributed by atoms with Crippen LogP contribution in [0.4, 0.5) is 0 Å². The molecule has 1 aliphatic carbocycles. The normalized spacial score (nSPS) is 13.1. The van der Waals surface area contributed by atoms with Gasteiger partial charge in [-0.3, -0.25) is 4.57 Å². The number of benzene rings is 9. The maximum atomic E-state index is 5.40. The third kappa shape index (κ3) is 4.72. The fraction of sp³-hybridized carbons (Fsp3) is 0.0556. The summed E-state index contributed by atoms with van der Waals surface area (Å²) in [6, 6.07) is 65.4. The lowest BCUT2D eigenvalue weighted by molar-refractivity contribution is 0.660. The number of hydrogen-bond donors (Lipinski definition) is 0. The Kier molecular flexibility index (Phi) is 6.94. The minimum Gasteiger partial charge on any atom is -0.277 e. The summed E-state index contributed by atoms with van der Waals surface area (Å²) in [5.41, 5.74) is 11.5. The molecule has 0 atom stereocenters. The van der Waals surface area contributed by atoms with Crippen LogP contribution in [-0.4, -0.2) is 19.5 Å². The van der Waals surface area contributed by atoms with Crippen LogP contribution in [0.15, 0.2) is 182 Å². The summed E-state index contributed by atoms with van der Waals surface area (Å²) >= 11 is 0. The third-order valence-corrected chi connectivity index (χ3v) is 12.4. The quantitative estimate of drug-likeness (QED) is 0.169. The van der Waals surface area contributed by atoms with Crippen LogP contribution in [0.2, 0.25) is 0 Å². The molecule has 0 saturated heterocycles. The summed E-state index contributed by atoms with van der Waals surface area (Å²) in [7, 11) is 0. The highest BCUT2D eigenvalue weighted by atomic mass is 15.2. The van der Waals surface area contributed by atoms with Crippen molar-refractivity contribution in [2.75, 3.05) is 0 Å². The van der Waals surface area contributed by atoms with Gasteiger partial charge in [-0.05, 0) is 78.3 Å². The first kappa shape index (κ1) is 32.8. The number of aromatic nitrogens is 4. The van der Waals surface area contributed by atoms with Gasteiger partial charge in [0.05, 0.1) is 11.0 Å². The zero-order chi connectivity index (χ0) is 38.5. The SMILES string of the molecule is CC1(C)c2ccccc2-c2ccc(-c3cccc4c5ccccc5n(-c5nc(-c6ccccc6)nc(-c6ccc7c8ccccc8c8ccccc8c7c6)n5)c34)cc21. The summed E-state index contributed by atoms with van der Waals surface area (Å²) in [5.74, 6) is 1.84. The van der Waals surface area contributed by atoms with Gasteiger partial charge >= 0.3 is 0 Å². The molecule has 2 heterocycles. The van der Waals surface area contributed by atoms with E-state index in [0.717, 1.165) is 38.5 Å². The summed E-state index contributed by atoms with van der Waals surface area (Å²) in [6.45, 7) is 4.68. The topological polar surface area (TPSA) is 43.6 Å². The molecule has 0 amide bonds. The molecule has 0 spiro atoms. The van der Waals surface area contributed by atoms with E-state index < -0.39 is 0 Å². The van der Waals surface area contributed by atoms with Crippen LogP contribution in [0.5, 0.6) is 0 Å². The van der Waals surface area contributed by atoms with Crippen molar-refractivity contribution in [2.24, 2.45) is 0 Å². The van der Waals surface area contributed by atoms with Crippen LogP contribution >= 0.6 is 0 Å². The standard InChI is InChI=1S/C54H36N4/c1-54(2)47-25-12-10-21-42(47)43-30-27-34(32-48(43)54)36-23-14-24-45-44-22-11-13-26-49(44)58(50(36)45)53-56-51(33-15-4-3-5-16-33)55-52(57-53)35-28-29-41-39-19-7-6-17-37(39)38-18-8-9-20-40(38)46(41)31-35/h3-32H,1-2H3. The molecule has 272 valence electrons. The highest BCUT2D eigenvalue weighted by Crippen LogP contribution is 2.50. The summed E-state index contributed by atoms with van der Waals surface area (Å²) in [4.78, 5) is 15.9. The van der Waals surface area contributed by atoms with Gasteiger partial charge in [0.1, 0.15) is 0 Å². The highest BCUT2D eigenvalue weighted by molar-refractivity contribution is 6.25. The minimum absolute atomic E-state index is 0.117. The molecular formula is C54H36N4. The molecule has 4 heteroatoms. The lowest BCUT2D eigenvalue weighted by Gasteiger charge is -2.22. The summed E-state index contributed by atoms with van der Waals surface area (Å²) < 4.78 is 2.26. The summed E-state index contributed by atoms with van der Waals surface area (Å²) in [6.07, 6.45) is 0. The van der Waals surface area contributed by atoms with Crippen LogP contribution in [0.1, 0.15) is 25.0 Å². The van der Waals surface area contributed by atoms with Gasteiger partial charge in [-0.1, -0.05) is 178 Å². The Morgan fingerprint density at radius 1 is 0.362 bits per heavy atom. The Hall–Kier alpha value is -7.43. The predicted molar refractivity (Wildman–Crippen MR) is 241 cm³/mol. The Morgan fingerprint density at radius 2 is 0.914 bits per heavy atom. The lowest BCUT2D eigenvalue weighted by Crippen LogP contribution is -2.14. The van der Waals surface area contributed by atoms with Crippen molar-refractivity contribution in [1.29, 1.82) is 0 Å². The van der Waals surface area contributed by atoms with E-state index in [1.807, 2.05) is 18.2 Å². The average Bonchev–Trinajstić information content (AvgIpc) is 3.75. The van der Waals surface area contributed by atoms with Crippen LogP contribution in [-0.2, 0) is 5.41 Å². The largest absolute Gasteiger partial charge is 0.277 e. The zero-order valence-corrected chi connectivity index (χ0v) is 32.1. The Balaban J connectivity index is 1.13. The first-order valence-corrected chi connectivity index (χ1v) is 20.0. The second kappa shape index (κ2) is 12.3. The van der Waals surface area contributed by atoms with Gasteiger partial charge in [-0.25, -0.2) is 4.98 Å². The third-order valence-electron chi connectivity index (χ3n) is 12.4. The molecule has 0 unspecified atom stereocenters. The first-order chi connectivity index (χ1) is 28.5. The molecule has 0 aliphatic heterocycles. The Bertz CT molecular complexity index is 3450. The van der Waals surface area contributed by atoms with Gasteiger partial charge in [-0.2, -0.15) is 9.97 Å². The van der Waals surface area contributed by atoms with E-state index >= 15 is 0 Å².